The van der Waals surface area contributed by atoms with Crippen LogP contribution in [0.3, 0.4) is 0 Å². The molecule has 9 heteroatoms. The molecule has 2 aliphatic rings. The number of likely N-dealkylation sites (tertiary alicyclic amines) is 1. The number of nitrogens with one attached hydrogen (secondary N) is 1. The van der Waals surface area contributed by atoms with Crippen LogP contribution in [0.5, 0.6) is 0 Å². The van der Waals surface area contributed by atoms with Gasteiger partial charge < -0.3 is 10.2 Å². The molecule has 0 aliphatic carbocycles. The van der Waals surface area contributed by atoms with Gasteiger partial charge >= 0.3 is 0 Å². The molecule has 0 radical (unpaired) electrons. The van der Waals surface area contributed by atoms with E-state index in [0.717, 1.165) is 24.2 Å². The summed E-state index contributed by atoms with van der Waals surface area (Å²) in [6.45, 7) is 2.97. The summed E-state index contributed by atoms with van der Waals surface area (Å²) in [5.74, 6) is 0.421. The van der Waals surface area contributed by atoms with E-state index >= 15 is 0 Å². The van der Waals surface area contributed by atoms with Crippen molar-refractivity contribution in [2.75, 3.05) is 19.6 Å². The van der Waals surface area contributed by atoms with Crippen LogP contribution in [0.15, 0.2) is 54.9 Å². The molecule has 3 aromatic rings. The fourth-order valence-corrected chi connectivity index (χ4v) is 4.61. The van der Waals surface area contributed by atoms with Gasteiger partial charge in [0.15, 0.2) is 0 Å². The van der Waals surface area contributed by atoms with E-state index in [9.17, 15) is 9.18 Å². The van der Waals surface area contributed by atoms with Gasteiger partial charge in [0.25, 0.3) is 5.91 Å². The number of carbonyl (C=O) groups is 1. The smallest absolute Gasteiger partial charge is 0.254 e. The third-order valence-electron chi connectivity index (χ3n) is 5.95. The highest BCUT2D eigenvalue weighted by Gasteiger charge is 2.46. The second kappa shape index (κ2) is 8.49. The van der Waals surface area contributed by atoms with Gasteiger partial charge in [0, 0.05) is 31.1 Å². The van der Waals surface area contributed by atoms with E-state index in [1.54, 1.807) is 23.1 Å². The zero-order valence-electron chi connectivity index (χ0n) is 16.2. The maximum atomic E-state index is 13.9. The number of hydrogen-bond acceptors (Lipinski definition) is 5. The predicted octanol–water partition coefficient (Wildman–Crippen LogP) is 2.32. The van der Waals surface area contributed by atoms with Gasteiger partial charge in [-0.25, -0.2) is 9.07 Å². The van der Waals surface area contributed by atoms with Gasteiger partial charge in [0.05, 0.1) is 12.6 Å². The fraction of sp³-hybridized carbons (Fsp3) is 0.333. The molecule has 2 aromatic carbocycles. The summed E-state index contributed by atoms with van der Waals surface area (Å²) in [4.78, 5) is 15.3. The van der Waals surface area contributed by atoms with Crippen LogP contribution < -0.4 is 5.32 Å². The Bertz CT molecular complexity index is 1010. The first-order valence-corrected chi connectivity index (χ1v) is 9.76. The first-order valence-electron chi connectivity index (χ1n) is 9.76. The van der Waals surface area contributed by atoms with Crippen LogP contribution in [0.1, 0.15) is 27.5 Å². The summed E-state index contributed by atoms with van der Waals surface area (Å²) in [5, 5.41) is 14.5. The number of fused-ring (bicyclic) bond motifs is 1. The Hall–Kier alpha value is -2.84. The lowest BCUT2D eigenvalue weighted by atomic mass is 9.89. The molecule has 1 aromatic heterocycles. The highest BCUT2D eigenvalue weighted by atomic mass is 35.5. The minimum atomic E-state index is -0.267. The highest BCUT2D eigenvalue weighted by molar-refractivity contribution is 5.94. The van der Waals surface area contributed by atoms with Gasteiger partial charge in [-0.1, -0.05) is 24.3 Å². The first kappa shape index (κ1) is 20.4. The van der Waals surface area contributed by atoms with Gasteiger partial charge in [-0.15, -0.1) is 17.5 Å². The quantitative estimate of drug-likeness (QED) is 0.690. The van der Waals surface area contributed by atoms with Crippen molar-refractivity contribution in [3.05, 3.63) is 77.4 Å². The van der Waals surface area contributed by atoms with E-state index in [2.05, 4.69) is 20.8 Å². The molecule has 30 heavy (non-hydrogen) atoms. The molecule has 0 bridgehead atoms. The number of rotatable bonds is 4. The van der Waals surface area contributed by atoms with E-state index in [0.29, 0.717) is 30.5 Å². The third-order valence-corrected chi connectivity index (χ3v) is 5.95. The van der Waals surface area contributed by atoms with Crippen LogP contribution in [0.4, 0.5) is 4.39 Å². The van der Waals surface area contributed by atoms with E-state index < -0.39 is 0 Å². The minimum absolute atomic E-state index is 0. The van der Waals surface area contributed by atoms with Crippen molar-refractivity contribution in [3.8, 4) is 0 Å². The standard InChI is InChI=1S/C21H21FN6O.ClH/c22-18-3-1-2-16(8-18)20-19-10-23-9-17(19)12-28(20)21(29)15-6-4-14(5-7-15)11-27-13-24-25-26-27;/h1-8,13,17,19-20,23H,9-12H2;1H/t17-,19-,20+;/m0./s1. The zero-order chi connectivity index (χ0) is 19.8. The summed E-state index contributed by atoms with van der Waals surface area (Å²) in [5.41, 5.74) is 2.52. The number of benzene rings is 2. The molecule has 1 N–H and O–H groups in total. The molecular formula is C21H22ClFN6O. The van der Waals surface area contributed by atoms with Crippen molar-refractivity contribution in [1.29, 1.82) is 0 Å². The Morgan fingerprint density at radius 3 is 2.73 bits per heavy atom. The Labute approximate surface area is 179 Å². The van der Waals surface area contributed by atoms with Crippen LogP contribution in [0.25, 0.3) is 0 Å². The summed E-state index contributed by atoms with van der Waals surface area (Å²) in [6.07, 6.45) is 1.56. The largest absolute Gasteiger partial charge is 0.331 e. The molecule has 0 saturated carbocycles. The van der Waals surface area contributed by atoms with Crippen molar-refractivity contribution in [2.24, 2.45) is 11.8 Å². The Kier molecular flexibility index (Phi) is 5.78. The average Bonchev–Trinajstić information content (AvgIpc) is 3.45. The molecule has 7 nitrogen and oxygen atoms in total. The van der Waals surface area contributed by atoms with Crippen molar-refractivity contribution in [2.45, 2.75) is 12.6 Å². The van der Waals surface area contributed by atoms with E-state index in [1.807, 2.05) is 35.2 Å². The molecule has 0 spiro atoms. The first-order chi connectivity index (χ1) is 14.2. The van der Waals surface area contributed by atoms with Gasteiger partial charge in [-0.2, -0.15) is 0 Å². The lowest BCUT2D eigenvalue weighted by Crippen LogP contribution is -2.34. The van der Waals surface area contributed by atoms with Crippen molar-refractivity contribution in [3.63, 3.8) is 0 Å². The topological polar surface area (TPSA) is 75.9 Å². The SMILES string of the molecule is Cl.O=C(c1ccc(Cn2cnnn2)cc1)N1C[C@@H]2CNC[C@@H]2[C@H]1c1cccc(F)c1. The maximum absolute atomic E-state index is 13.9. The van der Waals surface area contributed by atoms with Gasteiger partial charge in [0.2, 0.25) is 0 Å². The normalized spacial score (nSPS) is 22.6. The van der Waals surface area contributed by atoms with E-state index in [-0.39, 0.29) is 30.2 Å². The van der Waals surface area contributed by atoms with E-state index in [4.69, 9.17) is 0 Å². The van der Waals surface area contributed by atoms with Crippen LogP contribution in [-0.4, -0.2) is 50.6 Å². The molecule has 1 amide bonds. The minimum Gasteiger partial charge on any atom is -0.331 e. The number of halogens is 2. The summed E-state index contributed by atoms with van der Waals surface area (Å²) in [7, 11) is 0. The predicted molar refractivity (Wildman–Crippen MR) is 111 cm³/mol. The monoisotopic (exact) mass is 428 g/mol. The van der Waals surface area contributed by atoms with Crippen LogP contribution in [-0.2, 0) is 6.54 Å². The van der Waals surface area contributed by atoms with Gasteiger partial charge in [-0.05, 0) is 51.7 Å². The second-order valence-corrected chi connectivity index (χ2v) is 7.74. The van der Waals surface area contributed by atoms with Crippen LogP contribution in [0.2, 0.25) is 0 Å². The molecule has 156 valence electrons. The van der Waals surface area contributed by atoms with Crippen molar-refractivity contribution >= 4 is 18.3 Å². The molecule has 3 atom stereocenters. The van der Waals surface area contributed by atoms with Gasteiger partial charge in [-0.3, -0.25) is 4.79 Å². The number of nitrogens with zero attached hydrogens (tertiary/aromatic N) is 5. The number of amides is 1. The molecule has 3 heterocycles. The molecule has 0 unspecified atom stereocenters. The third kappa shape index (κ3) is 3.80. The molecule has 2 fully saturated rings. The Morgan fingerprint density at radius 1 is 1.17 bits per heavy atom. The fourth-order valence-electron chi connectivity index (χ4n) is 4.61. The molecule has 2 aliphatic heterocycles. The lowest BCUT2D eigenvalue weighted by molar-refractivity contribution is 0.0713. The van der Waals surface area contributed by atoms with Crippen LogP contribution in [0, 0.1) is 17.7 Å². The number of aromatic nitrogens is 4. The number of hydrogen-bond donors (Lipinski definition) is 1. The average molecular weight is 429 g/mol. The van der Waals surface area contributed by atoms with E-state index in [1.165, 1.54) is 6.07 Å². The summed E-state index contributed by atoms with van der Waals surface area (Å²) >= 11 is 0. The van der Waals surface area contributed by atoms with Crippen molar-refractivity contribution in [1.82, 2.24) is 30.4 Å². The summed E-state index contributed by atoms with van der Waals surface area (Å²) < 4.78 is 15.5. The number of carbonyl (C=O) groups excluding carboxylic acids is 1. The zero-order valence-corrected chi connectivity index (χ0v) is 17.0. The second-order valence-electron chi connectivity index (χ2n) is 7.74. The van der Waals surface area contributed by atoms with Gasteiger partial charge in [0.1, 0.15) is 12.1 Å². The summed E-state index contributed by atoms with van der Waals surface area (Å²) in [6, 6.07) is 14.1. The highest BCUT2D eigenvalue weighted by Crippen LogP contribution is 2.43. The van der Waals surface area contributed by atoms with Crippen molar-refractivity contribution < 1.29 is 9.18 Å². The maximum Gasteiger partial charge on any atom is 0.254 e. The molecule has 2 saturated heterocycles. The Balaban J connectivity index is 0.00000218. The molecule has 5 rings (SSSR count). The lowest BCUT2D eigenvalue weighted by Gasteiger charge is -2.28. The Morgan fingerprint density at radius 2 is 2.00 bits per heavy atom. The van der Waals surface area contributed by atoms with Crippen LogP contribution >= 0.6 is 12.4 Å². The molecular weight excluding hydrogens is 407 g/mol. The number of tetrazole rings is 1.